The number of hydrogen-bond acceptors (Lipinski definition) is 6. The summed E-state index contributed by atoms with van der Waals surface area (Å²) in [6.07, 6.45) is 4.99. The lowest BCUT2D eigenvalue weighted by Crippen LogP contribution is -2.26. The van der Waals surface area contributed by atoms with E-state index in [1.807, 2.05) is 0 Å². The molecule has 0 aliphatic carbocycles. The van der Waals surface area contributed by atoms with Crippen LogP contribution in [-0.2, 0) is 9.59 Å². The van der Waals surface area contributed by atoms with Crippen molar-refractivity contribution in [1.82, 2.24) is 5.01 Å². The van der Waals surface area contributed by atoms with Crippen molar-refractivity contribution in [2.45, 2.75) is 12.5 Å². The van der Waals surface area contributed by atoms with Gasteiger partial charge in [-0.25, -0.2) is 5.01 Å². The number of carbonyl (C=O) groups is 2. The van der Waals surface area contributed by atoms with E-state index < -0.39 is 17.9 Å². The molecule has 0 spiro atoms. The van der Waals surface area contributed by atoms with E-state index in [1.54, 1.807) is 24.3 Å². The average Bonchev–Trinajstić information content (AvgIpc) is 3.23. The van der Waals surface area contributed by atoms with E-state index in [-0.39, 0.29) is 0 Å². The molecule has 112 valence electrons. The molecule has 22 heavy (non-hydrogen) atoms. The summed E-state index contributed by atoms with van der Waals surface area (Å²) >= 11 is 0. The van der Waals surface area contributed by atoms with Gasteiger partial charge in [-0.15, -0.1) is 0 Å². The molecule has 7 nitrogen and oxygen atoms in total. The zero-order valence-electron chi connectivity index (χ0n) is 11.3. The molecule has 1 aliphatic rings. The lowest BCUT2D eigenvalue weighted by Gasteiger charge is -2.18. The number of hydrazone groups is 1. The monoisotopic (exact) mass is 299 g/mol. The van der Waals surface area contributed by atoms with E-state index in [9.17, 15) is 14.7 Å². The van der Waals surface area contributed by atoms with Crippen molar-refractivity contribution in [2.24, 2.45) is 5.10 Å². The fraction of sp³-hybridized carbons (Fsp3) is 0.133. The molecule has 0 saturated carbocycles. The number of furan rings is 2. The van der Waals surface area contributed by atoms with Crippen LogP contribution in [0.3, 0.4) is 0 Å². The maximum absolute atomic E-state index is 12.1. The maximum atomic E-state index is 12.1. The summed E-state index contributed by atoms with van der Waals surface area (Å²) < 4.78 is 10.6. The SMILES string of the molecule is O=C([O-])/C=C/C(=O)N1N=C(c2ccco2)C[C@H]1c1ccco1. The Morgan fingerprint density at radius 2 is 2.00 bits per heavy atom. The standard InChI is InChI=1S/C15H12N2O5/c18-14(5-6-15(19)20)17-11(13-4-2-8-22-13)9-10(16-17)12-3-1-7-21-12/h1-8,11H,9H2,(H,19,20)/p-1/b6-5+/t11-/m0/s1. The highest BCUT2D eigenvalue weighted by Gasteiger charge is 2.34. The Hall–Kier alpha value is -3.09. The van der Waals surface area contributed by atoms with Gasteiger partial charge < -0.3 is 18.7 Å². The summed E-state index contributed by atoms with van der Waals surface area (Å²) in [5.74, 6) is -0.916. The molecule has 0 N–H and O–H groups in total. The van der Waals surface area contributed by atoms with Crippen molar-refractivity contribution in [3.8, 4) is 0 Å². The number of carbonyl (C=O) groups excluding carboxylic acids is 2. The number of rotatable bonds is 4. The first-order valence-corrected chi connectivity index (χ1v) is 6.52. The normalized spacial score (nSPS) is 17.9. The molecule has 0 aromatic carbocycles. The van der Waals surface area contributed by atoms with Gasteiger partial charge in [0.25, 0.3) is 5.91 Å². The van der Waals surface area contributed by atoms with Gasteiger partial charge >= 0.3 is 0 Å². The molecule has 0 unspecified atom stereocenters. The minimum absolute atomic E-state index is 0.409. The van der Waals surface area contributed by atoms with Crippen LogP contribution >= 0.6 is 0 Å². The Kier molecular flexibility index (Phi) is 3.61. The summed E-state index contributed by atoms with van der Waals surface area (Å²) in [6, 6.07) is 6.45. The van der Waals surface area contributed by atoms with Crippen LogP contribution in [0.15, 0.2) is 62.9 Å². The number of hydrogen-bond donors (Lipinski definition) is 0. The number of nitrogens with zero attached hydrogens (tertiary/aromatic N) is 2. The third-order valence-electron chi connectivity index (χ3n) is 3.18. The number of amides is 1. The number of carboxylic acid groups (broad SMARTS) is 1. The Labute approximate surface area is 125 Å². The molecule has 1 amide bonds. The Balaban J connectivity index is 1.90. The van der Waals surface area contributed by atoms with E-state index in [1.165, 1.54) is 17.5 Å². The van der Waals surface area contributed by atoms with Gasteiger partial charge in [-0.05, 0) is 30.3 Å². The van der Waals surface area contributed by atoms with Crippen molar-refractivity contribution >= 4 is 17.6 Å². The average molecular weight is 299 g/mol. The van der Waals surface area contributed by atoms with Crippen LogP contribution in [-0.4, -0.2) is 22.6 Å². The molecule has 3 heterocycles. The molecule has 0 fully saturated rings. The Morgan fingerprint density at radius 3 is 2.64 bits per heavy atom. The summed E-state index contributed by atoms with van der Waals surface area (Å²) in [5, 5.41) is 15.8. The molecule has 0 saturated heterocycles. The fourth-order valence-corrected chi connectivity index (χ4v) is 2.22. The summed E-state index contributed by atoms with van der Waals surface area (Å²) in [4.78, 5) is 22.6. The van der Waals surface area contributed by atoms with Crippen molar-refractivity contribution in [3.05, 3.63) is 60.5 Å². The highest BCUT2D eigenvalue weighted by atomic mass is 16.4. The molecule has 0 radical (unpaired) electrons. The quantitative estimate of drug-likeness (QED) is 0.779. The van der Waals surface area contributed by atoms with Crippen LogP contribution in [0.5, 0.6) is 0 Å². The lowest BCUT2D eigenvalue weighted by molar-refractivity contribution is -0.297. The van der Waals surface area contributed by atoms with Crippen LogP contribution in [0.2, 0.25) is 0 Å². The number of carboxylic acids is 1. The first kappa shape index (κ1) is 13.9. The van der Waals surface area contributed by atoms with Crippen molar-refractivity contribution in [3.63, 3.8) is 0 Å². The van der Waals surface area contributed by atoms with Gasteiger partial charge in [0.2, 0.25) is 0 Å². The highest BCUT2D eigenvalue weighted by Crippen LogP contribution is 2.33. The molecular weight excluding hydrogens is 288 g/mol. The van der Waals surface area contributed by atoms with E-state index in [0.29, 0.717) is 29.7 Å². The third kappa shape index (κ3) is 2.69. The molecule has 1 aliphatic heterocycles. The highest BCUT2D eigenvalue weighted by molar-refractivity contribution is 6.02. The molecular formula is C15H11N2O5-. The number of aliphatic carboxylic acids is 1. The maximum Gasteiger partial charge on any atom is 0.267 e. The topological polar surface area (TPSA) is 99.1 Å². The summed E-state index contributed by atoms with van der Waals surface area (Å²) in [5.41, 5.74) is 0.585. The van der Waals surface area contributed by atoms with E-state index in [0.717, 1.165) is 6.08 Å². The predicted octanol–water partition coefficient (Wildman–Crippen LogP) is 0.856. The predicted molar refractivity (Wildman–Crippen MR) is 72.3 cm³/mol. The zero-order valence-corrected chi connectivity index (χ0v) is 11.3. The van der Waals surface area contributed by atoms with Gasteiger partial charge in [0.15, 0.2) is 0 Å². The zero-order chi connectivity index (χ0) is 15.5. The van der Waals surface area contributed by atoms with E-state index in [2.05, 4.69) is 5.10 Å². The van der Waals surface area contributed by atoms with Gasteiger partial charge in [0.1, 0.15) is 23.3 Å². The van der Waals surface area contributed by atoms with Crippen LogP contribution in [0.4, 0.5) is 0 Å². The molecule has 7 heteroatoms. The molecule has 1 atom stereocenters. The fourth-order valence-electron chi connectivity index (χ4n) is 2.22. The van der Waals surface area contributed by atoms with Crippen molar-refractivity contribution < 1.29 is 23.5 Å². The second kappa shape index (κ2) is 5.72. The van der Waals surface area contributed by atoms with Gasteiger partial charge in [0, 0.05) is 12.5 Å². The Bertz CT molecular complexity index is 728. The summed E-state index contributed by atoms with van der Waals surface area (Å²) in [7, 11) is 0. The van der Waals surface area contributed by atoms with E-state index >= 15 is 0 Å². The van der Waals surface area contributed by atoms with Gasteiger partial charge in [0.05, 0.1) is 18.5 Å². The second-order valence-electron chi connectivity index (χ2n) is 4.59. The largest absolute Gasteiger partial charge is 0.545 e. The summed E-state index contributed by atoms with van der Waals surface area (Å²) in [6.45, 7) is 0. The molecule has 2 aromatic rings. The van der Waals surface area contributed by atoms with Gasteiger partial charge in [-0.2, -0.15) is 5.10 Å². The first-order chi connectivity index (χ1) is 10.6. The van der Waals surface area contributed by atoms with Crippen molar-refractivity contribution in [2.75, 3.05) is 0 Å². The van der Waals surface area contributed by atoms with Crippen LogP contribution in [0.1, 0.15) is 24.0 Å². The van der Waals surface area contributed by atoms with Gasteiger partial charge in [-0.3, -0.25) is 4.79 Å². The van der Waals surface area contributed by atoms with E-state index in [4.69, 9.17) is 8.83 Å². The van der Waals surface area contributed by atoms with Gasteiger partial charge in [-0.1, -0.05) is 0 Å². The third-order valence-corrected chi connectivity index (χ3v) is 3.18. The lowest BCUT2D eigenvalue weighted by atomic mass is 10.1. The minimum atomic E-state index is -1.45. The molecule has 3 rings (SSSR count). The Morgan fingerprint density at radius 1 is 1.23 bits per heavy atom. The smallest absolute Gasteiger partial charge is 0.267 e. The van der Waals surface area contributed by atoms with Crippen LogP contribution < -0.4 is 5.11 Å². The molecule has 2 aromatic heterocycles. The molecule has 0 bridgehead atoms. The van der Waals surface area contributed by atoms with Crippen LogP contribution in [0.25, 0.3) is 0 Å². The first-order valence-electron chi connectivity index (χ1n) is 6.52. The van der Waals surface area contributed by atoms with Crippen LogP contribution in [0, 0.1) is 0 Å². The van der Waals surface area contributed by atoms with Crippen molar-refractivity contribution in [1.29, 1.82) is 0 Å². The second-order valence-corrected chi connectivity index (χ2v) is 4.59. The minimum Gasteiger partial charge on any atom is -0.545 e.